The molecule has 2 heterocycles. The van der Waals surface area contributed by atoms with Gasteiger partial charge in [-0.05, 0) is 62.9 Å². The van der Waals surface area contributed by atoms with Crippen LogP contribution in [-0.4, -0.2) is 47.0 Å². The van der Waals surface area contributed by atoms with Crippen LogP contribution >= 0.6 is 0 Å². The summed E-state index contributed by atoms with van der Waals surface area (Å²) in [7, 11) is 0. The zero-order valence-electron chi connectivity index (χ0n) is 13.5. The molecule has 0 aliphatic carbocycles. The second-order valence-corrected chi connectivity index (χ2v) is 6.77. The zero-order valence-corrected chi connectivity index (χ0v) is 13.5. The molecule has 2 aliphatic rings. The molecule has 126 valence electrons. The van der Waals surface area contributed by atoms with E-state index in [1.165, 1.54) is 18.2 Å². The minimum atomic E-state index is -0.303. The lowest BCUT2D eigenvalue weighted by molar-refractivity contribution is -0.127. The van der Waals surface area contributed by atoms with Crippen LogP contribution in [-0.2, 0) is 11.3 Å². The Labute approximate surface area is 136 Å². The van der Waals surface area contributed by atoms with Crippen LogP contribution < -0.4 is 0 Å². The Morgan fingerprint density at radius 2 is 2.00 bits per heavy atom. The third-order valence-corrected chi connectivity index (χ3v) is 5.12. The van der Waals surface area contributed by atoms with E-state index in [9.17, 15) is 14.3 Å². The molecule has 23 heavy (non-hydrogen) atoms. The average molecular weight is 320 g/mol. The molecule has 4 nitrogen and oxygen atoms in total. The lowest BCUT2D eigenvalue weighted by Crippen LogP contribution is -2.35. The molecular formula is C18H25FN2O2. The van der Waals surface area contributed by atoms with Crippen molar-refractivity contribution in [2.24, 2.45) is 5.92 Å². The summed E-state index contributed by atoms with van der Waals surface area (Å²) < 4.78 is 13.3. The number of piperidine rings is 1. The number of likely N-dealkylation sites (tertiary alicyclic amines) is 2. The van der Waals surface area contributed by atoms with E-state index < -0.39 is 0 Å². The number of amides is 1. The van der Waals surface area contributed by atoms with Gasteiger partial charge in [0.05, 0.1) is 0 Å². The van der Waals surface area contributed by atoms with Gasteiger partial charge >= 0.3 is 0 Å². The van der Waals surface area contributed by atoms with E-state index >= 15 is 0 Å². The predicted molar refractivity (Wildman–Crippen MR) is 86.5 cm³/mol. The van der Waals surface area contributed by atoms with Crippen LogP contribution in [0.5, 0.6) is 5.75 Å². The van der Waals surface area contributed by atoms with Gasteiger partial charge in [-0.3, -0.25) is 9.69 Å². The monoisotopic (exact) mass is 320 g/mol. The molecule has 0 bridgehead atoms. The van der Waals surface area contributed by atoms with Crippen molar-refractivity contribution in [3.8, 4) is 5.75 Å². The molecule has 0 radical (unpaired) electrons. The van der Waals surface area contributed by atoms with Gasteiger partial charge in [0.15, 0.2) is 0 Å². The molecule has 3 rings (SSSR count). The number of carbonyl (C=O) groups excluding carboxylic acids is 1. The fraction of sp³-hybridized carbons (Fsp3) is 0.611. The molecule has 1 amide bonds. The number of rotatable bonds is 5. The first-order chi connectivity index (χ1) is 11.1. The standard InChI is InChI=1S/C18H25FN2O2/c19-16-3-4-17(22)15(12-16)13-20-9-5-14(6-10-20)7-11-21-8-1-2-18(21)23/h3-4,12,14,22H,1-2,5-11,13H2. The van der Waals surface area contributed by atoms with Gasteiger partial charge in [0.1, 0.15) is 11.6 Å². The second-order valence-electron chi connectivity index (χ2n) is 6.77. The Kier molecular flexibility index (Phi) is 5.16. The van der Waals surface area contributed by atoms with Crippen LogP contribution in [0.4, 0.5) is 4.39 Å². The van der Waals surface area contributed by atoms with Gasteiger partial charge in [-0.15, -0.1) is 0 Å². The molecule has 2 saturated heterocycles. The van der Waals surface area contributed by atoms with Crippen molar-refractivity contribution in [2.45, 2.75) is 38.6 Å². The van der Waals surface area contributed by atoms with Crippen LogP contribution in [0, 0.1) is 11.7 Å². The quantitative estimate of drug-likeness (QED) is 0.907. The number of aromatic hydroxyl groups is 1. The van der Waals surface area contributed by atoms with Gasteiger partial charge in [0.25, 0.3) is 0 Å². The van der Waals surface area contributed by atoms with Crippen molar-refractivity contribution in [1.29, 1.82) is 0 Å². The van der Waals surface area contributed by atoms with Crippen LogP contribution in [0.15, 0.2) is 18.2 Å². The first-order valence-corrected chi connectivity index (χ1v) is 8.59. The maximum absolute atomic E-state index is 13.3. The highest BCUT2D eigenvalue weighted by molar-refractivity contribution is 5.77. The number of benzene rings is 1. The zero-order chi connectivity index (χ0) is 16.2. The summed E-state index contributed by atoms with van der Waals surface area (Å²) in [6.07, 6.45) is 5.03. The molecular weight excluding hydrogens is 295 g/mol. The van der Waals surface area contributed by atoms with E-state index in [4.69, 9.17) is 0 Å². The van der Waals surface area contributed by atoms with Gasteiger partial charge in [-0.2, -0.15) is 0 Å². The maximum Gasteiger partial charge on any atom is 0.222 e. The largest absolute Gasteiger partial charge is 0.508 e. The van der Waals surface area contributed by atoms with Crippen LogP contribution in [0.3, 0.4) is 0 Å². The number of halogens is 1. The van der Waals surface area contributed by atoms with Crippen molar-refractivity contribution in [3.05, 3.63) is 29.6 Å². The Morgan fingerprint density at radius 3 is 2.70 bits per heavy atom. The molecule has 1 aromatic carbocycles. The van der Waals surface area contributed by atoms with E-state index in [1.54, 1.807) is 0 Å². The summed E-state index contributed by atoms with van der Waals surface area (Å²) in [6, 6.07) is 4.12. The summed E-state index contributed by atoms with van der Waals surface area (Å²) in [4.78, 5) is 15.9. The van der Waals surface area contributed by atoms with Crippen molar-refractivity contribution in [3.63, 3.8) is 0 Å². The lowest BCUT2D eigenvalue weighted by atomic mass is 9.93. The lowest BCUT2D eigenvalue weighted by Gasteiger charge is -2.32. The van der Waals surface area contributed by atoms with Crippen molar-refractivity contribution >= 4 is 5.91 Å². The summed E-state index contributed by atoms with van der Waals surface area (Å²) in [5, 5.41) is 9.82. The Balaban J connectivity index is 1.43. The Hall–Kier alpha value is -1.62. The highest BCUT2D eigenvalue weighted by Crippen LogP contribution is 2.25. The van der Waals surface area contributed by atoms with Crippen molar-refractivity contribution in [2.75, 3.05) is 26.2 Å². The van der Waals surface area contributed by atoms with Gasteiger partial charge in [0.2, 0.25) is 5.91 Å². The molecule has 0 spiro atoms. The molecule has 5 heteroatoms. The number of nitrogens with zero attached hydrogens (tertiary/aromatic N) is 2. The van der Waals surface area contributed by atoms with E-state index in [0.717, 1.165) is 58.3 Å². The number of phenols is 1. The van der Waals surface area contributed by atoms with Crippen molar-refractivity contribution < 1.29 is 14.3 Å². The van der Waals surface area contributed by atoms with Crippen LogP contribution in [0.2, 0.25) is 0 Å². The summed E-state index contributed by atoms with van der Waals surface area (Å²) in [5.41, 5.74) is 0.658. The normalized spacial score (nSPS) is 20.4. The third kappa shape index (κ3) is 4.22. The molecule has 0 aromatic heterocycles. The van der Waals surface area contributed by atoms with E-state index in [-0.39, 0.29) is 11.6 Å². The Bertz CT molecular complexity index is 556. The van der Waals surface area contributed by atoms with Gasteiger partial charge in [-0.25, -0.2) is 4.39 Å². The minimum absolute atomic E-state index is 0.168. The molecule has 0 atom stereocenters. The summed E-state index contributed by atoms with van der Waals surface area (Å²) in [5.74, 6) is 0.841. The topological polar surface area (TPSA) is 43.8 Å². The third-order valence-electron chi connectivity index (χ3n) is 5.12. The molecule has 0 unspecified atom stereocenters. The van der Waals surface area contributed by atoms with Crippen LogP contribution in [0.1, 0.15) is 37.7 Å². The minimum Gasteiger partial charge on any atom is -0.508 e. The molecule has 1 aromatic rings. The van der Waals surface area contributed by atoms with Gasteiger partial charge in [0, 0.05) is 31.6 Å². The first-order valence-electron chi connectivity index (χ1n) is 8.59. The van der Waals surface area contributed by atoms with Crippen LogP contribution in [0.25, 0.3) is 0 Å². The summed E-state index contributed by atoms with van der Waals surface area (Å²) >= 11 is 0. The van der Waals surface area contributed by atoms with E-state index in [1.807, 2.05) is 4.90 Å². The molecule has 2 fully saturated rings. The highest BCUT2D eigenvalue weighted by atomic mass is 19.1. The first kappa shape index (κ1) is 16.2. The number of carbonyl (C=O) groups is 1. The maximum atomic E-state index is 13.3. The molecule has 0 saturated carbocycles. The van der Waals surface area contributed by atoms with E-state index in [0.29, 0.717) is 23.9 Å². The fourth-order valence-electron chi connectivity index (χ4n) is 3.63. The van der Waals surface area contributed by atoms with Gasteiger partial charge in [-0.1, -0.05) is 0 Å². The number of phenolic OH excluding ortho intramolecular Hbond substituents is 1. The van der Waals surface area contributed by atoms with Crippen molar-refractivity contribution in [1.82, 2.24) is 9.80 Å². The Morgan fingerprint density at radius 1 is 1.22 bits per heavy atom. The summed E-state index contributed by atoms with van der Waals surface area (Å²) in [6.45, 7) is 4.36. The number of hydrogen-bond donors (Lipinski definition) is 1. The fourth-order valence-corrected chi connectivity index (χ4v) is 3.63. The predicted octanol–water partition coefficient (Wildman–Crippen LogP) is 2.76. The highest BCUT2D eigenvalue weighted by Gasteiger charge is 2.24. The number of hydrogen-bond acceptors (Lipinski definition) is 3. The average Bonchev–Trinajstić information content (AvgIpc) is 2.95. The smallest absolute Gasteiger partial charge is 0.222 e. The molecule has 2 aliphatic heterocycles. The second kappa shape index (κ2) is 7.30. The molecule has 1 N–H and O–H groups in total. The van der Waals surface area contributed by atoms with E-state index in [2.05, 4.69) is 4.90 Å². The SMILES string of the molecule is O=C1CCCN1CCC1CCN(Cc2cc(F)ccc2O)CC1. The van der Waals surface area contributed by atoms with Gasteiger partial charge < -0.3 is 10.0 Å².